The Labute approximate surface area is 136 Å². The normalized spacial score (nSPS) is 10.9. The first-order chi connectivity index (χ1) is 10.7. The number of nitrogens with one attached hydrogen (secondary N) is 2. The molecule has 2 amide bonds. The van der Waals surface area contributed by atoms with E-state index in [1.807, 2.05) is 0 Å². The molecule has 0 saturated carbocycles. The molecule has 0 aliphatic heterocycles. The van der Waals surface area contributed by atoms with Crippen molar-refractivity contribution in [3.05, 3.63) is 29.8 Å². The van der Waals surface area contributed by atoms with Crippen LogP contribution in [0, 0.1) is 5.41 Å². The number of carboxylic acid groups (broad SMARTS) is 1. The van der Waals surface area contributed by atoms with Crippen LogP contribution in [0.5, 0.6) is 0 Å². The first-order valence-corrected chi connectivity index (χ1v) is 7.57. The molecule has 0 fully saturated rings. The maximum absolute atomic E-state index is 11.8. The number of carbonyl (C=O) groups excluding carboxylic acids is 2. The van der Waals surface area contributed by atoms with Gasteiger partial charge in [-0.25, -0.2) is 0 Å². The number of carboxylic acids is 1. The van der Waals surface area contributed by atoms with E-state index in [1.54, 1.807) is 24.3 Å². The zero-order chi connectivity index (χ0) is 17.5. The molecule has 0 saturated heterocycles. The summed E-state index contributed by atoms with van der Waals surface area (Å²) in [5.74, 6) is -1.35. The monoisotopic (exact) mass is 320 g/mol. The maximum Gasteiger partial charge on any atom is 0.305 e. The van der Waals surface area contributed by atoms with Gasteiger partial charge in [0.1, 0.15) is 0 Å². The molecule has 0 spiro atoms. The van der Waals surface area contributed by atoms with E-state index in [1.165, 1.54) is 0 Å². The Balaban J connectivity index is 2.48. The van der Waals surface area contributed by atoms with Crippen molar-refractivity contribution < 1.29 is 19.5 Å². The molecule has 0 aliphatic rings. The number of rotatable bonds is 7. The van der Waals surface area contributed by atoms with E-state index in [4.69, 9.17) is 5.11 Å². The Morgan fingerprint density at radius 1 is 1.04 bits per heavy atom. The summed E-state index contributed by atoms with van der Waals surface area (Å²) in [6.45, 7) is 6.33. The number of anilines is 1. The summed E-state index contributed by atoms with van der Waals surface area (Å²) in [6, 6.07) is 6.49. The number of amides is 2. The Bertz CT molecular complexity index is 559. The highest BCUT2D eigenvalue weighted by atomic mass is 16.4. The number of carbonyl (C=O) groups is 3. The van der Waals surface area contributed by atoms with Crippen molar-refractivity contribution in [2.45, 2.75) is 40.0 Å². The van der Waals surface area contributed by atoms with E-state index in [9.17, 15) is 14.4 Å². The highest BCUT2D eigenvalue weighted by Gasteiger charge is 2.13. The van der Waals surface area contributed by atoms with Crippen LogP contribution in [0.4, 0.5) is 5.69 Å². The Kier molecular flexibility index (Phi) is 6.75. The van der Waals surface area contributed by atoms with Crippen LogP contribution in [0.15, 0.2) is 24.3 Å². The number of hydrogen-bond donors (Lipinski definition) is 3. The second-order valence-corrected chi connectivity index (χ2v) is 6.59. The fourth-order valence-electron chi connectivity index (χ4n) is 1.80. The zero-order valence-electron chi connectivity index (χ0n) is 13.8. The predicted octanol–water partition coefficient (Wildman–Crippen LogP) is 2.66. The summed E-state index contributed by atoms with van der Waals surface area (Å²) >= 11 is 0. The molecule has 0 radical (unpaired) electrons. The van der Waals surface area contributed by atoms with Crippen LogP contribution in [0.3, 0.4) is 0 Å². The lowest BCUT2D eigenvalue weighted by molar-refractivity contribution is -0.136. The molecule has 0 bridgehead atoms. The van der Waals surface area contributed by atoms with Crippen molar-refractivity contribution in [3.8, 4) is 0 Å². The molecule has 1 rings (SSSR count). The van der Waals surface area contributed by atoms with Crippen molar-refractivity contribution in [2.75, 3.05) is 11.9 Å². The standard InChI is InChI=1S/C17H24N2O4/c1-17(2,3)10-8-14(20)19-13-6-4-12(5-7-13)16(23)18-11-9-15(21)22/h4-7H,8-11H2,1-3H3,(H,18,23)(H,19,20)(H,21,22). The second kappa shape index (κ2) is 8.31. The van der Waals surface area contributed by atoms with Gasteiger partial charge in [-0.15, -0.1) is 0 Å². The van der Waals surface area contributed by atoms with Crippen LogP contribution in [0.1, 0.15) is 50.4 Å². The largest absolute Gasteiger partial charge is 0.481 e. The smallest absolute Gasteiger partial charge is 0.305 e. The van der Waals surface area contributed by atoms with E-state index in [-0.39, 0.29) is 30.2 Å². The van der Waals surface area contributed by atoms with E-state index < -0.39 is 5.97 Å². The van der Waals surface area contributed by atoms with E-state index in [0.717, 1.165) is 6.42 Å². The minimum Gasteiger partial charge on any atom is -0.481 e. The van der Waals surface area contributed by atoms with Gasteiger partial charge >= 0.3 is 5.97 Å². The molecule has 1 aromatic rings. The van der Waals surface area contributed by atoms with Gasteiger partial charge < -0.3 is 15.7 Å². The fourth-order valence-corrected chi connectivity index (χ4v) is 1.80. The molecule has 0 atom stereocenters. The number of hydrogen-bond acceptors (Lipinski definition) is 3. The average molecular weight is 320 g/mol. The number of aliphatic carboxylic acids is 1. The van der Waals surface area contributed by atoms with Gasteiger partial charge in [0, 0.05) is 24.2 Å². The first kappa shape index (κ1) is 18.7. The summed E-state index contributed by atoms with van der Waals surface area (Å²) in [7, 11) is 0. The van der Waals surface area contributed by atoms with E-state index in [2.05, 4.69) is 31.4 Å². The summed E-state index contributed by atoms with van der Waals surface area (Å²) < 4.78 is 0. The summed E-state index contributed by atoms with van der Waals surface area (Å²) in [5.41, 5.74) is 1.16. The Hall–Kier alpha value is -2.37. The highest BCUT2D eigenvalue weighted by molar-refractivity contribution is 5.95. The van der Waals surface area contributed by atoms with Gasteiger partial charge in [0.2, 0.25) is 5.91 Å². The molecule has 0 aromatic heterocycles. The van der Waals surface area contributed by atoms with Crippen molar-refractivity contribution >= 4 is 23.5 Å². The zero-order valence-corrected chi connectivity index (χ0v) is 13.8. The molecular formula is C17H24N2O4. The van der Waals surface area contributed by atoms with Crippen LogP contribution in [0.25, 0.3) is 0 Å². The van der Waals surface area contributed by atoms with E-state index >= 15 is 0 Å². The molecule has 1 aromatic carbocycles. The average Bonchev–Trinajstić information content (AvgIpc) is 2.44. The SMILES string of the molecule is CC(C)(C)CCC(=O)Nc1ccc(C(=O)NCCC(=O)O)cc1. The van der Waals surface area contributed by atoms with Crippen molar-refractivity contribution in [3.63, 3.8) is 0 Å². The maximum atomic E-state index is 11.8. The molecule has 3 N–H and O–H groups in total. The molecule has 0 unspecified atom stereocenters. The van der Waals surface area contributed by atoms with Crippen LogP contribution in [-0.4, -0.2) is 29.4 Å². The molecule has 23 heavy (non-hydrogen) atoms. The summed E-state index contributed by atoms with van der Waals surface area (Å²) in [4.78, 5) is 34.0. The molecule has 6 heteroatoms. The van der Waals surface area contributed by atoms with Crippen molar-refractivity contribution in [2.24, 2.45) is 5.41 Å². The minimum atomic E-state index is -0.960. The lowest BCUT2D eigenvalue weighted by Crippen LogP contribution is -2.25. The Morgan fingerprint density at radius 3 is 2.17 bits per heavy atom. The molecule has 0 heterocycles. The van der Waals surface area contributed by atoms with Crippen molar-refractivity contribution in [1.29, 1.82) is 0 Å². The van der Waals surface area contributed by atoms with Crippen LogP contribution < -0.4 is 10.6 Å². The molecular weight excluding hydrogens is 296 g/mol. The third kappa shape index (κ3) is 7.99. The predicted molar refractivity (Wildman–Crippen MR) is 88.3 cm³/mol. The van der Waals surface area contributed by atoms with Crippen LogP contribution >= 0.6 is 0 Å². The number of benzene rings is 1. The fraction of sp³-hybridized carbons (Fsp3) is 0.471. The van der Waals surface area contributed by atoms with Gasteiger partial charge in [0.15, 0.2) is 0 Å². The van der Waals surface area contributed by atoms with Gasteiger partial charge in [-0.2, -0.15) is 0 Å². The summed E-state index contributed by atoms with van der Waals surface area (Å²) in [5, 5.41) is 13.8. The summed E-state index contributed by atoms with van der Waals surface area (Å²) in [6.07, 6.45) is 1.12. The van der Waals surface area contributed by atoms with Gasteiger partial charge in [-0.3, -0.25) is 14.4 Å². The quantitative estimate of drug-likeness (QED) is 0.719. The Morgan fingerprint density at radius 2 is 1.65 bits per heavy atom. The third-order valence-electron chi connectivity index (χ3n) is 3.16. The molecule has 6 nitrogen and oxygen atoms in total. The third-order valence-corrected chi connectivity index (χ3v) is 3.16. The van der Waals surface area contributed by atoms with Crippen LogP contribution in [0.2, 0.25) is 0 Å². The minimum absolute atomic E-state index is 0.0569. The van der Waals surface area contributed by atoms with Gasteiger partial charge in [-0.05, 0) is 36.1 Å². The van der Waals surface area contributed by atoms with Crippen LogP contribution in [-0.2, 0) is 9.59 Å². The first-order valence-electron chi connectivity index (χ1n) is 7.57. The van der Waals surface area contributed by atoms with Gasteiger partial charge in [0.05, 0.1) is 6.42 Å². The molecule has 126 valence electrons. The lowest BCUT2D eigenvalue weighted by Gasteiger charge is -2.17. The molecule has 0 aliphatic carbocycles. The highest BCUT2D eigenvalue weighted by Crippen LogP contribution is 2.21. The van der Waals surface area contributed by atoms with Gasteiger partial charge in [-0.1, -0.05) is 20.8 Å². The lowest BCUT2D eigenvalue weighted by atomic mass is 9.90. The van der Waals surface area contributed by atoms with E-state index in [0.29, 0.717) is 17.7 Å². The topological polar surface area (TPSA) is 95.5 Å². The second-order valence-electron chi connectivity index (χ2n) is 6.59. The van der Waals surface area contributed by atoms with Crippen molar-refractivity contribution in [1.82, 2.24) is 5.32 Å². The van der Waals surface area contributed by atoms with Gasteiger partial charge in [0.25, 0.3) is 5.91 Å².